The zero-order valence-electron chi connectivity index (χ0n) is 28.5. The molecular formula is C33H44F2N10O4S. The molecule has 4 aliphatic rings. The number of anilines is 1. The number of piperidine rings is 1. The topological polar surface area (TPSA) is 136 Å². The van der Waals surface area contributed by atoms with Gasteiger partial charge in [-0.3, -0.25) is 43.9 Å². The lowest BCUT2D eigenvalue weighted by Crippen LogP contribution is -2.55. The Morgan fingerprint density at radius 3 is 2.50 bits per heavy atom. The lowest BCUT2D eigenvalue weighted by molar-refractivity contribution is -0.134. The molecule has 3 fully saturated rings. The molecule has 17 heteroatoms. The monoisotopic (exact) mass is 714 g/mol. The van der Waals surface area contributed by atoms with Gasteiger partial charge in [-0.1, -0.05) is 0 Å². The van der Waals surface area contributed by atoms with Crippen LogP contribution in [0.2, 0.25) is 0 Å². The minimum Gasteiger partial charge on any atom is -0.435 e. The van der Waals surface area contributed by atoms with Gasteiger partial charge in [0.25, 0.3) is 0 Å². The molecule has 2 aromatic rings. The number of hydrogen-bond acceptors (Lipinski definition) is 11. The van der Waals surface area contributed by atoms with Gasteiger partial charge >= 0.3 is 6.61 Å². The number of likely N-dealkylation sites (tertiary alicyclic amines) is 1. The summed E-state index contributed by atoms with van der Waals surface area (Å²) in [5.41, 5.74) is 5.35. The highest BCUT2D eigenvalue weighted by Gasteiger charge is 2.58. The molecule has 1 aromatic heterocycles. The Balaban J connectivity index is 1.11. The average Bonchev–Trinajstić information content (AvgIpc) is 3.72. The highest BCUT2D eigenvalue weighted by molar-refractivity contribution is 7.98. The Morgan fingerprint density at radius 1 is 1.10 bits per heavy atom. The molecule has 4 aliphatic heterocycles. The molecule has 0 radical (unpaired) electrons. The fourth-order valence-electron chi connectivity index (χ4n) is 7.27. The van der Waals surface area contributed by atoms with E-state index in [9.17, 15) is 23.2 Å². The van der Waals surface area contributed by atoms with Gasteiger partial charge in [0.05, 0.1) is 31.2 Å². The lowest BCUT2D eigenvalue weighted by Gasteiger charge is -2.42. The molecular weight excluding hydrogens is 670 g/mol. The summed E-state index contributed by atoms with van der Waals surface area (Å²) < 4.78 is 33.5. The molecule has 14 nitrogen and oxygen atoms in total. The van der Waals surface area contributed by atoms with Crippen LogP contribution in [0.4, 0.5) is 14.5 Å². The highest BCUT2D eigenvalue weighted by Crippen LogP contribution is 2.46. The Morgan fingerprint density at radius 2 is 1.84 bits per heavy atom. The number of aromatic nitrogens is 2. The maximum Gasteiger partial charge on any atom is 0.387 e. The first-order valence-electron chi connectivity index (χ1n) is 16.7. The molecule has 3 amide bonds. The smallest absolute Gasteiger partial charge is 0.387 e. The number of fused-ring (bicyclic) bond motifs is 1. The van der Waals surface area contributed by atoms with Gasteiger partial charge in [-0.25, -0.2) is 0 Å². The van der Waals surface area contributed by atoms with Crippen LogP contribution >= 0.6 is 11.8 Å². The molecule has 1 aromatic carbocycles. The fraction of sp³-hybridized carbons (Fsp3) is 0.545. The van der Waals surface area contributed by atoms with Crippen LogP contribution in [0.25, 0.3) is 0 Å². The van der Waals surface area contributed by atoms with Crippen molar-refractivity contribution in [3.8, 4) is 5.75 Å². The van der Waals surface area contributed by atoms with Crippen molar-refractivity contribution in [3.63, 3.8) is 0 Å². The summed E-state index contributed by atoms with van der Waals surface area (Å²) in [4.78, 5) is 52.4. The number of alkyl halides is 2. The summed E-state index contributed by atoms with van der Waals surface area (Å²) in [6.45, 7) is 1.95. The van der Waals surface area contributed by atoms with Crippen molar-refractivity contribution < 1.29 is 27.9 Å². The first-order valence-corrected chi connectivity index (χ1v) is 17.9. The second-order valence-corrected chi connectivity index (χ2v) is 14.0. The van der Waals surface area contributed by atoms with Gasteiger partial charge in [0.2, 0.25) is 17.7 Å². The summed E-state index contributed by atoms with van der Waals surface area (Å²) in [6, 6.07) is 5.17. The molecule has 6 rings (SSSR count). The van der Waals surface area contributed by atoms with E-state index in [1.165, 1.54) is 17.8 Å². The van der Waals surface area contributed by atoms with E-state index in [-0.39, 0.29) is 36.2 Å². The minimum atomic E-state index is -3.11. The van der Waals surface area contributed by atoms with E-state index in [0.29, 0.717) is 31.4 Å². The molecule has 0 aliphatic carbocycles. The molecule has 2 atom stereocenters. The number of hydrazine groups is 1. The number of nitrogens with zero attached hydrogens (tertiary/aromatic N) is 9. The van der Waals surface area contributed by atoms with Crippen LogP contribution < -0.4 is 15.5 Å². The summed E-state index contributed by atoms with van der Waals surface area (Å²) in [5, 5.41) is 7.97. The standard InChI is InChI=1S/C33H44F2N10O4S/c1-39(2)28(46)20-40-11-7-23(8-12-40)41-13-15-42(16-14-41)29(47)21-43-19-24(18-38-43)45-22-33(30(36)48,31-37-9-4-10-44(31)45)26-17-25(50-3)5-6-27(26)49-32(34)35/h4-6,9-10,17-19,23,31-32H,7-8,11-16,20-22H2,1-3H3,(H2,36,48). The number of hydrogen-bond donors (Lipinski definition) is 1. The van der Waals surface area contributed by atoms with Crippen molar-refractivity contribution in [1.82, 2.24) is 34.4 Å². The SMILES string of the molecule is CSc1ccc(OC(F)F)c(C2(C(N)=O)CN(c3cnn(CC(=O)N4CCN(C5CCN(CC(=O)N(C)C)CC5)CC4)c3)N3C=CC=NC32)c1. The van der Waals surface area contributed by atoms with Crippen LogP contribution in [0, 0.1) is 0 Å². The van der Waals surface area contributed by atoms with E-state index in [1.807, 2.05) is 11.2 Å². The van der Waals surface area contributed by atoms with E-state index < -0.39 is 24.1 Å². The maximum atomic E-state index is 13.5. The molecule has 2 unspecified atom stereocenters. The first-order chi connectivity index (χ1) is 24.0. The Hall–Kier alpha value is -4.22. The summed E-state index contributed by atoms with van der Waals surface area (Å²) in [7, 11) is 3.56. The second-order valence-electron chi connectivity index (χ2n) is 13.1. The third-order valence-corrected chi connectivity index (χ3v) is 10.8. The van der Waals surface area contributed by atoms with E-state index in [1.54, 1.807) is 76.7 Å². The zero-order chi connectivity index (χ0) is 35.6. The van der Waals surface area contributed by atoms with Crippen molar-refractivity contribution in [2.75, 3.05) is 77.7 Å². The number of nitrogens with two attached hydrogens (primary N) is 1. The quantitative estimate of drug-likeness (QED) is 0.340. The number of aliphatic imine (C=N–C) groups is 1. The maximum absolute atomic E-state index is 13.5. The number of primary amides is 1. The Bertz CT molecular complexity index is 1620. The average molecular weight is 715 g/mol. The van der Waals surface area contributed by atoms with Crippen molar-refractivity contribution in [1.29, 1.82) is 0 Å². The number of benzene rings is 1. The van der Waals surface area contributed by atoms with E-state index >= 15 is 0 Å². The number of piperazine rings is 1. The van der Waals surface area contributed by atoms with Crippen LogP contribution in [0.5, 0.6) is 5.75 Å². The largest absolute Gasteiger partial charge is 0.435 e. The van der Waals surface area contributed by atoms with Gasteiger partial charge in [-0.2, -0.15) is 13.9 Å². The predicted molar refractivity (Wildman–Crippen MR) is 185 cm³/mol. The van der Waals surface area contributed by atoms with Crippen LogP contribution in [-0.2, 0) is 26.3 Å². The molecule has 0 bridgehead atoms. The summed E-state index contributed by atoms with van der Waals surface area (Å²) in [6.07, 6.45) is 11.3. The van der Waals surface area contributed by atoms with Crippen molar-refractivity contribution in [2.24, 2.45) is 10.7 Å². The fourth-order valence-corrected chi connectivity index (χ4v) is 7.71. The van der Waals surface area contributed by atoms with Crippen molar-refractivity contribution >= 4 is 41.4 Å². The first kappa shape index (κ1) is 35.6. The predicted octanol–water partition coefficient (Wildman–Crippen LogP) is 1.29. The van der Waals surface area contributed by atoms with Gasteiger partial charge in [0.15, 0.2) is 6.17 Å². The van der Waals surface area contributed by atoms with Crippen molar-refractivity contribution in [2.45, 2.75) is 48.5 Å². The number of carbonyl (C=O) groups excluding carboxylic acids is 3. The number of rotatable bonds is 11. The van der Waals surface area contributed by atoms with Crippen LogP contribution in [-0.4, -0.2) is 150 Å². The molecule has 3 saturated heterocycles. The third kappa shape index (κ3) is 7.16. The van der Waals surface area contributed by atoms with Crippen molar-refractivity contribution in [3.05, 3.63) is 48.4 Å². The lowest BCUT2D eigenvalue weighted by atomic mass is 9.77. The van der Waals surface area contributed by atoms with E-state index in [4.69, 9.17) is 10.5 Å². The molecule has 270 valence electrons. The summed E-state index contributed by atoms with van der Waals surface area (Å²) in [5.74, 6) is -0.820. The van der Waals surface area contributed by atoms with Gasteiger partial charge in [-0.05, 0) is 43.4 Å². The normalized spacial score (nSPS) is 23.1. The van der Waals surface area contributed by atoms with Gasteiger partial charge in [0.1, 0.15) is 17.7 Å². The van der Waals surface area contributed by atoms with Gasteiger partial charge in [-0.15, -0.1) is 11.8 Å². The number of thioether (sulfide) groups is 1. The number of likely N-dealkylation sites (N-methyl/N-ethyl adjacent to an activating group) is 1. The van der Waals surface area contributed by atoms with Gasteiger partial charge in [0, 0.05) is 82.3 Å². The zero-order valence-corrected chi connectivity index (χ0v) is 29.3. The highest BCUT2D eigenvalue weighted by atomic mass is 32.2. The number of amides is 3. The second kappa shape index (κ2) is 14.9. The van der Waals surface area contributed by atoms with E-state index in [0.717, 1.165) is 43.9 Å². The van der Waals surface area contributed by atoms with Crippen LogP contribution in [0.3, 0.4) is 0 Å². The van der Waals surface area contributed by atoms with E-state index in [2.05, 4.69) is 19.9 Å². The van der Waals surface area contributed by atoms with Crippen LogP contribution in [0.15, 0.2) is 52.8 Å². The molecule has 2 N–H and O–H groups in total. The molecule has 0 spiro atoms. The number of allylic oxidation sites excluding steroid dienone is 1. The molecule has 0 saturated carbocycles. The minimum absolute atomic E-state index is 0.0292. The Kier molecular flexibility index (Phi) is 10.6. The van der Waals surface area contributed by atoms with Gasteiger partial charge < -0.3 is 20.3 Å². The third-order valence-electron chi connectivity index (χ3n) is 10.1. The number of ether oxygens (including phenoxy) is 1. The number of halogens is 2. The summed E-state index contributed by atoms with van der Waals surface area (Å²) >= 11 is 1.40. The molecule has 5 heterocycles. The number of carbonyl (C=O) groups is 3. The Labute approximate surface area is 294 Å². The van der Waals surface area contributed by atoms with Crippen LogP contribution in [0.1, 0.15) is 18.4 Å². The molecule has 50 heavy (non-hydrogen) atoms.